The predicted octanol–water partition coefficient (Wildman–Crippen LogP) is 3.05. The lowest BCUT2D eigenvalue weighted by molar-refractivity contribution is -0.123. The van der Waals surface area contributed by atoms with Crippen molar-refractivity contribution < 1.29 is 17.9 Å². The van der Waals surface area contributed by atoms with Crippen molar-refractivity contribution in [3.8, 4) is 5.75 Å². The van der Waals surface area contributed by atoms with E-state index in [-0.39, 0.29) is 19.1 Å². The molecule has 0 unspecified atom stereocenters. The van der Waals surface area contributed by atoms with Crippen molar-refractivity contribution in [2.45, 2.75) is 20.0 Å². The van der Waals surface area contributed by atoms with Gasteiger partial charge in [-0.1, -0.05) is 35.9 Å². The van der Waals surface area contributed by atoms with Gasteiger partial charge >= 0.3 is 0 Å². The zero-order valence-electron chi connectivity index (χ0n) is 17.5. The Bertz CT molecular complexity index is 1100. The molecule has 0 aliphatic rings. The molecule has 7 nitrogen and oxygen atoms in total. The van der Waals surface area contributed by atoms with Crippen molar-refractivity contribution in [2.24, 2.45) is 0 Å². The van der Waals surface area contributed by atoms with E-state index in [2.05, 4.69) is 10.3 Å². The fourth-order valence-electron chi connectivity index (χ4n) is 2.87. The van der Waals surface area contributed by atoms with Crippen molar-refractivity contribution in [2.75, 3.05) is 17.2 Å². The van der Waals surface area contributed by atoms with E-state index in [9.17, 15) is 13.2 Å². The number of sulfonamides is 1. The monoisotopic (exact) mass is 439 g/mol. The number of hydrogen-bond donors (Lipinski definition) is 1. The van der Waals surface area contributed by atoms with E-state index in [1.165, 1.54) is 10.6 Å². The lowest BCUT2D eigenvalue weighted by atomic mass is 10.1. The van der Waals surface area contributed by atoms with E-state index in [0.717, 1.165) is 16.7 Å². The van der Waals surface area contributed by atoms with Crippen LogP contribution in [-0.2, 0) is 27.9 Å². The topological polar surface area (TPSA) is 88.6 Å². The van der Waals surface area contributed by atoms with E-state index < -0.39 is 10.0 Å². The molecule has 1 aromatic heterocycles. The Labute approximate surface area is 182 Å². The normalized spacial score (nSPS) is 11.0. The number of nitrogens with one attached hydrogen (secondary N) is 1. The number of carbonyl (C=O) groups excluding carboxylic acids is 1. The van der Waals surface area contributed by atoms with Gasteiger partial charge in [-0.3, -0.25) is 14.1 Å². The average Bonchev–Trinajstić information content (AvgIpc) is 2.76. The maximum absolute atomic E-state index is 12.3. The van der Waals surface area contributed by atoms with Crippen LogP contribution in [0.15, 0.2) is 73.1 Å². The second-order valence-corrected chi connectivity index (χ2v) is 9.08. The second-order valence-electron chi connectivity index (χ2n) is 7.18. The Hall–Kier alpha value is -3.39. The number of aromatic nitrogens is 1. The second kappa shape index (κ2) is 10.1. The summed E-state index contributed by atoms with van der Waals surface area (Å²) in [6.45, 7) is 2.45. The molecule has 0 aliphatic heterocycles. The largest absolute Gasteiger partial charge is 0.484 e. The van der Waals surface area contributed by atoms with E-state index in [1.54, 1.807) is 42.7 Å². The molecule has 0 radical (unpaired) electrons. The van der Waals surface area contributed by atoms with Crippen LogP contribution < -0.4 is 14.4 Å². The van der Waals surface area contributed by atoms with Crippen molar-refractivity contribution in [3.05, 3.63) is 89.7 Å². The lowest BCUT2D eigenvalue weighted by Gasteiger charge is -2.23. The molecule has 1 N–H and O–H groups in total. The Morgan fingerprint density at radius 3 is 2.35 bits per heavy atom. The summed E-state index contributed by atoms with van der Waals surface area (Å²) < 4.78 is 31.5. The summed E-state index contributed by atoms with van der Waals surface area (Å²) in [5, 5.41) is 2.76. The van der Waals surface area contributed by atoms with Crippen molar-refractivity contribution >= 4 is 21.6 Å². The van der Waals surface area contributed by atoms with Gasteiger partial charge in [0.1, 0.15) is 5.75 Å². The minimum absolute atomic E-state index is 0.140. The first kappa shape index (κ1) is 22.3. The Balaban J connectivity index is 1.59. The quantitative estimate of drug-likeness (QED) is 0.554. The predicted molar refractivity (Wildman–Crippen MR) is 120 cm³/mol. The average molecular weight is 440 g/mol. The molecular formula is C23H25N3O4S. The van der Waals surface area contributed by atoms with Crippen LogP contribution >= 0.6 is 0 Å². The summed E-state index contributed by atoms with van der Waals surface area (Å²) in [5.41, 5.74) is 3.42. The van der Waals surface area contributed by atoms with E-state index in [1.807, 2.05) is 37.3 Å². The summed E-state index contributed by atoms with van der Waals surface area (Å²) in [4.78, 5) is 16.0. The third kappa shape index (κ3) is 6.82. The van der Waals surface area contributed by atoms with Crippen molar-refractivity contribution in [3.63, 3.8) is 0 Å². The van der Waals surface area contributed by atoms with Crippen LogP contribution in [0, 0.1) is 6.92 Å². The first-order chi connectivity index (χ1) is 14.8. The minimum atomic E-state index is -3.48. The van der Waals surface area contributed by atoms with Gasteiger partial charge in [-0.05, 0) is 48.4 Å². The number of benzene rings is 2. The summed E-state index contributed by atoms with van der Waals surface area (Å²) in [7, 11) is -3.48. The molecule has 3 aromatic rings. The summed E-state index contributed by atoms with van der Waals surface area (Å²) >= 11 is 0. The van der Waals surface area contributed by atoms with Crippen molar-refractivity contribution in [1.29, 1.82) is 0 Å². The number of anilines is 1. The van der Waals surface area contributed by atoms with Gasteiger partial charge in [0.2, 0.25) is 10.0 Å². The SMILES string of the molecule is Cc1ccc(CN(c2ccc(OCC(=O)NCc3cccnc3)cc2)S(C)(=O)=O)cc1. The molecule has 1 heterocycles. The van der Waals surface area contributed by atoms with Gasteiger partial charge in [0.05, 0.1) is 18.5 Å². The molecule has 0 atom stereocenters. The fraction of sp³-hybridized carbons (Fsp3) is 0.217. The zero-order valence-corrected chi connectivity index (χ0v) is 18.3. The molecular weight excluding hydrogens is 414 g/mol. The standard InChI is InChI=1S/C23H25N3O4S/c1-18-5-7-19(8-6-18)16-26(31(2,28)29)21-9-11-22(12-10-21)30-17-23(27)25-15-20-4-3-13-24-14-20/h3-14H,15-17H2,1-2H3,(H,25,27). The van der Waals surface area contributed by atoms with Crippen LogP contribution in [-0.4, -0.2) is 32.2 Å². The van der Waals surface area contributed by atoms with Crippen LogP contribution in [0.2, 0.25) is 0 Å². The highest BCUT2D eigenvalue weighted by Crippen LogP contribution is 2.24. The maximum atomic E-state index is 12.3. The third-order valence-electron chi connectivity index (χ3n) is 4.55. The molecule has 2 aromatic carbocycles. The molecule has 0 aliphatic carbocycles. The summed E-state index contributed by atoms with van der Waals surface area (Å²) in [5.74, 6) is 0.217. The van der Waals surface area contributed by atoms with Gasteiger partial charge in [-0.15, -0.1) is 0 Å². The van der Waals surface area contributed by atoms with Crippen LogP contribution in [0.1, 0.15) is 16.7 Å². The number of nitrogens with zero attached hydrogens (tertiary/aromatic N) is 2. The number of amides is 1. The highest BCUT2D eigenvalue weighted by Gasteiger charge is 2.18. The molecule has 1 amide bonds. The molecule has 3 rings (SSSR count). The molecule has 8 heteroatoms. The summed E-state index contributed by atoms with van der Waals surface area (Å²) in [6.07, 6.45) is 4.53. The van der Waals surface area contributed by atoms with Crippen LogP contribution in [0.5, 0.6) is 5.75 Å². The van der Waals surface area contributed by atoms with Gasteiger partial charge in [-0.25, -0.2) is 8.42 Å². The smallest absolute Gasteiger partial charge is 0.258 e. The van der Waals surface area contributed by atoms with Gasteiger partial charge in [-0.2, -0.15) is 0 Å². The molecule has 0 saturated heterocycles. The first-order valence-electron chi connectivity index (χ1n) is 9.73. The van der Waals surface area contributed by atoms with Gasteiger partial charge in [0, 0.05) is 18.9 Å². The highest BCUT2D eigenvalue weighted by molar-refractivity contribution is 7.92. The summed E-state index contributed by atoms with van der Waals surface area (Å²) in [6, 6.07) is 18.0. The van der Waals surface area contributed by atoms with Crippen LogP contribution in [0.4, 0.5) is 5.69 Å². The lowest BCUT2D eigenvalue weighted by Crippen LogP contribution is -2.29. The fourth-order valence-corrected chi connectivity index (χ4v) is 3.76. The number of pyridine rings is 1. The molecule has 31 heavy (non-hydrogen) atoms. The molecule has 162 valence electrons. The zero-order chi connectivity index (χ0) is 22.3. The van der Waals surface area contributed by atoms with E-state index >= 15 is 0 Å². The number of aryl methyl sites for hydroxylation is 1. The Morgan fingerprint density at radius 1 is 1.03 bits per heavy atom. The van der Waals surface area contributed by atoms with Gasteiger partial charge in [0.15, 0.2) is 6.61 Å². The highest BCUT2D eigenvalue weighted by atomic mass is 32.2. The van der Waals surface area contributed by atoms with Crippen LogP contribution in [0.3, 0.4) is 0 Å². The Morgan fingerprint density at radius 2 is 1.74 bits per heavy atom. The number of carbonyl (C=O) groups is 1. The van der Waals surface area contributed by atoms with E-state index in [4.69, 9.17) is 4.74 Å². The molecule has 0 saturated carbocycles. The number of rotatable bonds is 9. The number of ether oxygens (including phenoxy) is 1. The number of hydrogen-bond acceptors (Lipinski definition) is 5. The molecule has 0 fully saturated rings. The van der Waals surface area contributed by atoms with Gasteiger partial charge < -0.3 is 10.1 Å². The van der Waals surface area contributed by atoms with E-state index in [0.29, 0.717) is 18.0 Å². The molecule has 0 bridgehead atoms. The Kier molecular flexibility index (Phi) is 7.25. The maximum Gasteiger partial charge on any atom is 0.258 e. The first-order valence-corrected chi connectivity index (χ1v) is 11.6. The third-order valence-corrected chi connectivity index (χ3v) is 5.69. The van der Waals surface area contributed by atoms with Crippen molar-refractivity contribution in [1.82, 2.24) is 10.3 Å². The minimum Gasteiger partial charge on any atom is -0.484 e. The molecule has 0 spiro atoms. The van der Waals surface area contributed by atoms with Crippen LogP contribution in [0.25, 0.3) is 0 Å². The van der Waals surface area contributed by atoms with Gasteiger partial charge in [0.25, 0.3) is 5.91 Å².